The topological polar surface area (TPSA) is 51.2 Å². The summed E-state index contributed by atoms with van der Waals surface area (Å²) in [6.07, 6.45) is 4.40. The summed E-state index contributed by atoms with van der Waals surface area (Å²) in [7, 11) is 0. The number of carbonyl (C=O) groups excluding carboxylic acids is 1. The predicted molar refractivity (Wildman–Crippen MR) is 82.2 cm³/mol. The Balaban J connectivity index is 1.83. The lowest BCUT2D eigenvalue weighted by Gasteiger charge is -2.15. The van der Waals surface area contributed by atoms with Crippen LogP contribution in [0.1, 0.15) is 30.5 Å². The third kappa shape index (κ3) is 5.65. The third-order valence-corrected chi connectivity index (χ3v) is 3.37. The summed E-state index contributed by atoms with van der Waals surface area (Å²) in [5.41, 5.74) is 1.88. The number of benzene rings is 1. The Morgan fingerprint density at radius 2 is 1.83 bits per heavy atom. The molecule has 4 nitrogen and oxygen atoms in total. The lowest BCUT2D eigenvalue weighted by Crippen LogP contribution is -2.26. The van der Waals surface area contributed by atoms with Gasteiger partial charge in [-0.15, -0.1) is 0 Å². The molecular weight excluding hydrogens is 302 g/mol. The number of carbonyl (C=O) groups is 1. The van der Waals surface area contributed by atoms with Crippen LogP contribution in [0.2, 0.25) is 0 Å². The first-order valence-electron chi connectivity index (χ1n) is 7.27. The lowest BCUT2D eigenvalue weighted by atomic mass is 10.1. The van der Waals surface area contributed by atoms with Crippen LogP contribution in [0.15, 0.2) is 48.8 Å². The van der Waals surface area contributed by atoms with Crippen LogP contribution in [0, 0.1) is 0 Å². The Hall–Kier alpha value is -2.50. The van der Waals surface area contributed by atoms with Gasteiger partial charge in [-0.25, -0.2) is 0 Å². The molecule has 0 radical (unpaired) electrons. The number of halogens is 2. The number of aromatic nitrogens is 1. The fourth-order valence-electron chi connectivity index (χ4n) is 2.14. The van der Waals surface area contributed by atoms with Gasteiger partial charge in [0.1, 0.15) is 5.75 Å². The maximum atomic E-state index is 12.1. The number of amides is 1. The second-order valence-electron chi connectivity index (χ2n) is 5.09. The molecule has 0 saturated carbocycles. The first kappa shape index (κ1) is 16.9. The molecule has 0 spiro atoms. The van der Waals surface area contributed by atoms with E-state index in [0.717, 1.165) is 11.1 Å². The van der Waals surface area contributed by atoms with E-state index in [1.165, 1.54) is 12.1 Å². The summed E-state index contributed by atoms with van der Waals surface area (Å²) in [6, 6.07) is 9.77. The summed E-state index contributed by atoms with van der Waals surface area (Å²) in [4.78, 5) is 15.9. The minimum absolute atomic E-state index is 0.0674. The van der Waals surface area contributed by atoms with Gasteiger partial charge in [0.25, 0.3) is 0 Å². The minimum atomic E-state index is -2.84. The van der Waals surface area contributed by atoms with Crippen LogP contribution in [0.3, 0.4) is 0 Å². The van der Waals surface area contributed by atoms with Crippen LogP contribution < -0.4 is 10.1 Å². The van der Waals surface area contributed by atoms with Crippen molar-refractivity contribution in [1.82, 2.24) is 10.3 Å². The first-order chi connectivity index (χ1) is 11.0. The van der Waals surface area contributed by atoms with Crippen molar-refractivity contribution >= 4 is 5.91 Å². The molecule has 1 unspecified atom stereocenters. The van der Waals surface area contributed by atoms with Crippen molar-refractivity contribution in [3.05, 3.63) is 59.9 Å². The SMILES string of the molecule is CC(NC(=O)CCc1ccncc1)c1ccc(OC(F)F)cc1. The Bertz CT molecular complexity index is 618. The van der Waals surface area contributed by atoms with E-state index < -0.39 is 6.61 Å². The zero-order valence-electron chi connectivity index (χ0n) is 12.7. The summed E-state index contributed by atoms with van der Waals surface area (Å²) in [6.45, 7) is -1.00. The molecule has 122 valence electrons. The van der Waals surface area contributed by atoms with Gasteiger partial charge >= 0.3 is 6.61 Å². The highest BCUT2D eigenvalue weighted by Gasteiger charge is 2.11. The number of ether oxygens (including phenoxy) is 1. The molecule has 1 N–H and O–H groups in total. The Kier molecular flexibility index (Phi) is 6.02. The fourth-order valence-corrected chi connectivity index (χ4v) is 2.14. The quantitative estimate of drug-likeness (QED) is 0.849. The van der Waals surface area contributed by atoms with Crippen molar-refractivity contribution in [2.45, 2.75) is 32.4 Å². The maximum Gasteiger partial charge on any atom is 0.387 e. The Morgan fingerprint density at radius 1 is 1.17 bits per heavy atom. The van der Waals surface area contributed by atoms with Gasteiger partial charge in [0.2, 0.25) is 5.91 Å². The van der Waals surface area contributed by atoms with Gasteiger partial charge in [-0.2, -0.15) is 8.78 Å². The van der Waals surface area contributed by atoms with Crippen molar-refractivity contribution in [1.29, 1.82) is 0 Å². The monoisotopic (exact) mass is 320 g/mol. The normalized spacial score (nSPS) is 12.0. The number of nitrogens with zero attached hydrogens (tertiary/aromatic N) is 1. The molecule has 2 aromatic rings. The number of hydrogen-bond donors (Lipinski definition) is 1. The van der Waals surface area contributed by atoms with Crippen molar-refractivity contribution < 1.29 is 18.3 Å². The molecule has 6 heteroatoms. The van der Waals surface area contributed by atoms with Gasteiger partial charge < -0.3 is 10.1 Å². The van der Waals surface area contributed by atoms with Crippen LogP contribution in [-0.4, -0.2) is 17.5 Å². The average Bonchev–Trinajstić information content (AvgIpc) is 2.54. The molecular formula is C17H18F2N2O2. The molecule has 1 heterocycles. The zero-order chi connectivity index (χ0) is 16.7. The molecule has 1 aromatic heterocycles. The van der Waals surface area contributed by atoms with Gasteiger partial charge in [-0.3, -0.25) is 9.78 Å². The van der Waals surface area contributed by atoms with E-state index in [1.54, 1.807) is 24.5 Å². The zero-order valence-corrected chi connectivity index (χ0v) is 12.7. The van der Waals surface area contributed by atoms with Gasteiger partial charge in [0, 0.05) is 18.8 Å². The van der Waals surface area contributed by atoms with Crippen LogP contribution in [0.5, 0.6) is 5.75 Å². The molecule has 0 bridgehead atoms. The maximum absolute atomic E-state index is 12.1. The molecule has 1 aromatic carbocycles. The van der Waals surface area contributed by atoms with E-state index >= 15 is 0 Å². The second kappa shape index (κ2) is 8.22. The number of alkyl halides is 2. The molecule has 23 heavy (non-hydrogen) atoms. The van der Waals surface area contributed by atoms with Crippen LogP contribution in [-0.2, 0) is 11.2 Å². The first-order valence-corrected chi connectivity index (χ1v) is 7.27. The van der Waals surface area contributed by atoms with Crippen LogP contribution in [0.4, 0.5) is 8.78 Å². The van der Waals surface area contributed by atoms with Gasteiger partial charge in [-0.05, 0) is 48.7 Å². The molecule has 1 amide bonds. The van der Waals surface area contributed by atoms with Gasteiger partial charge in [0.05, 0.1) is 6.04 Å². The van der Waals surface area contributed by atoms with E-state index in [0.29, 0.717) is 12.8 Å². The molecule has 0 saturated heterocycles. The third-order valence-electron chi connectivity index (χ3n) is 3.37. The lowest BCUT2D eigenvalue weighted by molar-refractivity contribution is -0.121. The van der Waals surface area contributed by atoms with Crippen molar-refractivity contribution in [2.24, 2.45) is 0 Å². The van der Waals surface area contributed by atoms with E-state index in [-0.39, 0.29) is 17.7 Å². The summed E-state index contributed by atoms with van der Waals surface area (Å²) in [5, 5.41) is 2.88. The van der Waals surface area contributed by atoms with Gasteiger partial charge in [-0.1, -0.05) is 12.1 Å². The highest BCUT2D eigenvalue weighted by molar-refractivity contribution is 5.76. The van der Waals surface area contributed by atoms with E-state index in [9.17, 15) is 13.6 Å². The standard InChI is InChI=1S/C17H18F2N2O2/c1-12(14-3-5-15(6-4-14)23-17(18)19)21-16(22)7-2-13-8-10-20-11-9-13/h3-6,8-12,17H,2,7H2,1H3,(H,21,22). The van der Waals surface area contributed by atoms with Crippen molar-refractivity contribution in [2.75, 3.05) is 0 Å². The van der Waals surface area contributed by atoms with Crippen LogP contribution >= 0.6 is 0 Å². The summed E-state index contributed by atoms with van der Waals surface area (Å²) >= 11 is 0. The van der Waals surface area contributed by atoms with Crippen molar-refractivity contribution in [3.63, 3.8) is 0 Å². The average molecular weight is 320 g/mol. The Labute approximate surface area is 133 Å². The molecule has 0 fully saturated rings. The molecule has 1 atom stereocenters. The second-order valence-corrected chi connectivity index (χ2v) is 5.09. The smallest absolute Gasteiger partial charge is 0.387 e. The number of rotatable bonds is 7. The van der Waals surface area contributed by atoms with E-state index in [1.807, 2.05) is 19.1 Å². The molecule has 0 aliphatic heterocycles. The largest absolute Gasteiger partial charge is 0.435 e. The summed E-state index contributed by atoms with van der Waals surface area (Å²) in [5.74, 6) is 0.0298. The highest BCUT2D eigenvalue weighted by Crippen LogP contribution is 2.19. The number of pyridine rings is 1. The van der Waals surface area contributed by atoms with Crippen molar-refractivity contribution in [3.8, 4) is 5.75 Å². The minimum Gasteiger partial charge on any atom is -0.435 e. The van der Waals surface area contributed by atoms with E-state index in [4.69, 9.17) is 0 Å². The number of nitrogens with one attached hydrogen (secondary N) is 1. The molecule has 2 rings (SSSR count). The Morgan fingerprint density at radius 3 is 2.43 bits per heavy atom. The summed E-state index contributed by atoms with van der Waals surface area (Å²) < 4.78 is 28.5. The highest BCUT2D eigenvalue weighted by atomic mass is 19.3. The number of hydrogen-bond acceptors (Lipinski definition) is 3. The fraction of sp³-hybridized carbons (Fsp3) is 0.294. The predicted octanol–water partition coefficient (Wildman–Crippen LogP) is 3.49. The molecule has 0 aliphatic carbocycles. The van der Waals surface area contributed by atoms with E-state index in [2.05, 4.69) is 15.0 Å². The molecule has 0 aliphatic rings. The van der Waals surface area contributed by atoms with Crippen LogP contribution in [0.25, 0.3) is 0 Å². The number of aryl methyl sites for hydroxylation is 1. The van der Waals surface area contributed by atoms with Gasteiger partial charge in [0.15, 0.2) is 0 Å².